The Kier molecular flexibility index (Phi) is 4.81. The molecule has 20 heavy (non-hydrogen) atoms. The van der Waals surface area contributed by atoms with E-state index < -0.39 is 11.9 Å². The molecule has 0 spiro atoms. The van der Waals surface area contributed by atoms with Crippen LogP contribution in [0.2, 0.25) is 0 Å². The quantitative estimate of drug-likeness (QED) is 0.842. The summed E-state index contributed by atoms with van der Waals surface area (Å²) in [6.45, 7) is 3.90. The molecule has 1 aromatic rings. The highest BCUT2D eigenvalue weighted by atomic mass is 32.1. The molecule has 1 heterocycles. The van der Waals surface area contributed by atoms with Crippen molar-refractivity contribution >= 4 is 23.2 Å². The van der Waals surface area contributed by atoms with E-state index in [1.54, 1.807) is 11.3 Å². The summed E-state index contributed by atoms with van der Waals surface area (Å²) in [5.74, 6) is -1.39. The van der Waals surface area contributed by atoms with E-state index in [4.69, 9.17) is 0 Å². The lowest BCUT2D eigenvalue weighted by molar-refractivity contribution is -0.142. The van der Waals surface area contributed by atoms with E-state index in [2.05, 4.69) is 5.32 Å². The Morgan fingerprint density at radius 3 is 2.55 bits per heavy atom. The highest BCUT2D eigenvalue weighted by Crippen LogP contribution is 2.25. The van der Waals surface area contributed by atoms with Crippen molar-refractivity contribution in [1.29, 1.82) is 0 Å². The second-order valence-corrected chi connectivity index (χ2v) is 6.95. The minimum Gasteiger partial charge on any atom is -0.481 e. The molecule has 4 nitrogen and oxygen atoms in total. The van der Waals surface area contributed by atoms with E-state index in [1.807, 2.05) is 19.9 Å². The fourth-order valence-electron chi connectivity index (χ4n) is 2.88. The molecule has 0 saturated heterocycles. The van der Waals surface area contributed by atoms with Crippen LogP contribution < -0.4 is 5.32 Å². The van der Waals surface area contributed by atoms with Crippen molar-refractivity contribution in [1.82, 2.24) is 5.32 Å². The fraction of sp³-hybridized carbons (Fsp3) is 0.600. The topological polar surface area (TPSA) is 66.4 Å². The van der Waals surface area contributed by atoms with Crippen LogP contribution in [-0.4, -0.2) is 23.0 Å². The summed E-state index contributed by atoms with van der Waals surface area (Å²) in [4.78, 5) is 25.8. The van der Waals surface area contributed by atoms with Gasteiger partial charge in [0.1, 0.15) is 0 Å². The van der Waals surface area contributed by atoms with Crippen molar-refractivity contribution in [3.8, 4) is 0 Å². The monoisotopic (exact) mass is 295 g/mol. The highest BCUT2D eigenvalue weighted by molar-refractivity contribution is 7.12. The summed E-state index contributed by atoms with van der Waals surface area (Å²) in [6, 6.07) is 1.63. The lowest BCUT2D eigenvalue weighted by atomic mass is 9.94. The molecule has 1 saturated carbocycles. The lowest BCUT2D eigenvalue weighted by Gasteiger charge is -2.22. The number of carboxylic acids is 1. The average Bonchev–Trinajstić information content (AvgIpc) is 2.60. The van der Waals surface area contributed by atoms with Crippen LogP contribution in [0.1, 0.15) is 52.2 Å². The Morgan fingerprint density at radius 1 is 1.25 bits per heavy atom. The summed E-state index contributed by atoms with van der Waals surface area (Å²) in [6.07, 6.45) is 4.37. The maximum atomic E-state index is 12.3. The SMILES string of the molecule is Cc1cc(C(=O)NC2CCCCCC2C(=O)O)c(C)s1. The zero-order valence-electron chi connectivity index (χ0n) is 11.9. The van der Waals surface area contributed by atoms with Gasteiger partial charge in [0.2, 0.25) is 0 Å². The van der Waals surface area contributed by atoms with Crippen LogP contribution in [0.4, 0.5) is 0 Å². The molecule has 2 rings (SSSR count). The number of aliphatic carboxylic acids is 1. The first kappa shape index (κ1) is 15.0. The zero-order chi connectivity index (χ0) is 14.7. The van der Waals surface area contributed by atoms with E-state index in [9.17, 15) is 14.7 Å². The van der Waals surface area contributed by atoms with E-state index >= 15 is 0 Å². The molecule has 110 valence electrons. The van der Waals surface area contributed by atoms with Crippen LogP contribution in [0.3, 0.4) is 0 Å². The molecule has 0 radical (unpaired) electrons. The van der Waals surface area contributed by atoms with Crippen molar-refractivity contribution in [3.05, 3.63) is 21.4 Å². The Hall–Kier alpha value is -1.36. The van der Waals surface area contributed by atoms with Gasteiger partial charge in [0.25, 0.3) is 5.91 Å². The number of aryl methyl sites for hydroxylation is 2. The van der Waals surface area contributed by atoms with Gasteiger partial charge in [-0.15, -0.1) is 11.3 Å². The van der Waals surface area contributed by atoms with E-state index in [1.165, 1.54) is 0 Å². The minimum atomic E-state index is -0.796. The van der Waals surface area contributed by atoms with Crippen LogP contribution in [0.15, 0.2) is 6.07 Å². The Labute approximate surface area is 123 Å². The van der Waals surface area contributed by atoms with Crippen molar-refractivity contribution in [2.24, 2.45) is 5.92 Å². The van der Waals surface area contributed by atoms with Crippen molar-refractivity contribution < 1.29 is 14.7 Å². The molecule has 2 unspecified atom stereocenters. The molecule has 0 aliphatic heterocycles. The molecule has 2 atom stereocenters. The van der Waals surface area contributed by atoms with E-state index in [-0.39, 0.29) is 11.9 Å². The molecule has 5 heteroatoms. The third-order valence-electron chi connectivity index (χ3n) is 3.94. The van der Waals surface area contributed by atoms with E-state index in [0.717, 1.165) is 35.4 Å². The number of amides is 1. The molecule has 1 aliphatic carbocycles. The maximum absolute atomic E-state index is 12.3. The lowest BCUT2D eigenvalue weighted by Crippen LogP contribution is -2.42. The molecule has 0 bridgehead atoms. The number of carbonyl (C=O) groups excluding carboxylic acids is 1. The zero-order valence-corrected chi connectivity index (χ0v) is 12.8. The van der Waals surface area contributed by atoms with Gasteiger partial charge in [-0.25, -0.2) is 0 Å². The normalized spacial score (nSPS) is 23.1. The number of carbonyl (C=O) groups is 2. The molecule has 1 amide bonds. The van der Waals surface area contributed by atoms with Crippen LogP contribution in [0.5, 0.6) is 0 Å². The fourth-order valence-corrected chi connectivity index (χ4v) is 3.80. The molecule has 2 N–H and O–H groups in total. The third-order valence-corrected chi connectivity index (χ3v) is 4.90. The van der Waals surface area contributed by atoms with Crippen LogP contribution in [-0.2, 0) is 4.79 Å². The van der Waals surface area contributed by atoms with Gasteiger partial charge in [-0.05, 0) is 32.8 Å². The number of rotatable bonds is 3. The second kappa shape index (κ2) is 6.39. The smallest absolute Gasteiger partial charge is 0.308 e. The first-order chi connectivity index (χ1) is 9.49. The Morgan fingerprint density at radius 2 is 1.95 bits per heavy atom. The van der Waals surface area contributed by atoms with Crippen LogP contribution in [0.25, 0.3) is 0 Å². The standard InChI is InChI=1S/C15H21NO3S/c1-9-8-12(10(2)20-9)14(17)16-13-7-5-3-4-6-11(13)15(18)19/h8,11,13H,3-7H2,1-2H3,(H,16,17)(H,18,19). The molecular weight excluding hydrogens is 274 g/mol. The van der Waals surface area contributed by atoms with Crippen molar-refractivity contribution in [2.75, 3.05) is 0 Å². The number of carboxylic acid groups (broad SMARTS) is 1. The molecule has 1 fully saturated rings. The van der Waals surface area contributed by atoms with Gasteiger partial charge in [-0.1, -0.05) is 19.3 Å². The summed E-state index contributed by atoms with van der Waals surface area (Å²) in [5, 5.41) is 12.3. The average molecular weight is 295 g/mol. The predicted octanol–water partition coefficient (Wildman–Crippen LogP) is 3.13. The van der Waals surface area contributed by atoms with Gasteiger partial charge in [0.15, 0.2) is 0 Å². The summed E-state index contributed by atoms with van der Waals surface area (Å²) < 4.78 is 0. The van der Waals surface area contributed by atoms with Crippen LogP contribution in [0, 0.1) is 19.8 Å². The van der Waals surface area contributed by atoms with Gasteiger partial charge in [0, 0.05) is 15.8 Å². The second-order valence-electron chi connectivity index (χ2n) is 5.49. The van der Waals surface area contributed by atoms with Gasteiger partial charge in [-0.3, -0.25) is 9.59 Å². The van der Waals surface area contributed by atoms with Crippen LogP contribution >= 0.6 is 11.3 Å². The van der Waals surface area contributed by atoms with Gasteiger partial charge in [-0.2, -0.15) is 0 Å². The van der Waals surface area contributed by atoms with Gasteiger partial charge in [0.05, 0.1) is 11.5 Å². The van der Waals surface area contributed by atoms with E-state index in [0.29, 0.717) is 12.0 Å². The molecule has 1 aliphatic rings. The largest absolute Gasteiger partial charge is 0.481 e. The Bertz CT molecular complexity index is 509. The Balaban J connectivity index is 2.11. The first-order valence-corrected chi connectivity index (χ1v) is 7.91. The highest BCUT2D eigenvalue weighted by Gasteiger charge is 2.31. The first-order valence-electron chi connectivity index (χ1n) is 7.09. The molecule has 0 aromatic carbocycles. The number of hydrogen-bond acceptors (Lipinski definition) is 3. The molecular formula is C15H21NO3S. The van der Waals surface area contributed by atoms with Crippen molar-refractivity contribution in [3.63, 3.8) is 0 Å². The third kappa shape index (κ3) is 3.39. The minimum absolute atomic E-state index is 0.134. The maximum Gasteiger partial charge on any atom is 0.308 e. The predicted molar refractivity (Wildman–Crippen MR) is 79.3 cm³/mol. The van der Waals surface area contributed by atoms with Crippen molar-refractivity contribution in [2.45, 2.75) is 52.0 Å². The summed E-state index contributed by atoms with van der Waals surface area (Å²) >= 11 is 1.59. The number of nitrogens with one attached hydrogen (secondary N) is 1. The van der Waals surface area contributed by atoms with Gasteiger partial charge < -0.3 is 10.4 Å². The number of thiophene rings is 1. The van der Waals surface area contributed by atoms with Gasteiger partial charge >= 0.3 is 5.97 Å². The summed E-state index contributed by atoms with van der Waals surface area (Å²) in [7, 11) is 0. The number of hydrogen-bond donors (Lipinski definition) is 2. The molecule has 1 aromatic heterocycles. The summed E-state index contributed by atoms with van der Waals surface area (Å²) in [5.41, 5.74) is 0.681.